The Kier molecular flexibility index (Phi) is 13.3. The molecule has 6 heterocycles. The maximum absolute atomic E-state index is 11.8. The number of hydrogen-bond acceptors (Lipinski definition) is 9. The number of alkyl halides is 2. The molecule has 236 valence electrons. The number of amides is 1. The molecule has 0 unspecified atom stereocenters. The summed E-state index contributed by atoms with van der Waals surface area (Å²) < 4.78 is 2.83. The molecule has 0 aliphatic carbocycles. The molecular formula is C30H29Cl3N6O4S2. The van der Waals surface area contributed by atoms with Crippen LogP contribution in [0.5, 0.6) is 0 Å². The number of hydrogen-bond donors (Lipinski definition) is 1. The second-order valence-corrected chi connectivity index (χ2v) is 12.5. The smallest absolute Gasteiger partial charge is 0.272 e. The van der Waals surface area contributed by atoms with Crippen molar-refractivity contribution in [3.63, 3.8) is 0 Å². The van der Waals surface area contributed by atoms with Gasteiger partial charge in [-0.15, -0.1) is 45.9 Å². The van der Waals surface area contributed by atoms with Gasteiger partial charge in [0.1, 0.15) is 15.9 Å². The highest BCUT2D eigenvalue weighted by molar-refractivity contribution is 7.15. The molecule has 6 rings (SSSR count). The van der Waals surface area contributed by atoms with Crippen molar-refractivity contribution in [1.82, 2.24) is 29.8 Å². The molecule has 0 bridgehead atoms. The summed E-state index contributed by atoms with van der Waals surface area (Å²) in [6.07, 6.45) is 9.31. The Hall–Kier alpha value is -3.39. The van der Waals surface area contributed by atoms with Crippen molar-refractivity contribution in [2.24, 2.45) is 0 Å². The van der Waals surface area contributed by atoms with Crippen LogP contribution in [-0.4, -0.2) is 73.5 Å². The van der Waals surface area contributed by atoms with Gasteiger partial charge in [0.25, 0.3) is 11.1 Å². The van der Waals surface area contributed by atoms with Gasteiger partial charge >= 0.3 is 0 Å². The summed E-state index contributed by atoms with van der Waals surface area (Å²) in [7, 11) is 0. The van der Waals surface area contributed by atoms with E-state index in [1.54, 1.807) is 40.8 Å². The third kappa shape index (κ3) is 9.80. The molecule has 2 aliphatic heterocycles. The van der Waals surface area contributed by atoms with Crippen LogP contribution in [0.1, 0.15) is 22.6 Å². The average molecular weight is 708 g/mol. The van der Waals surface area contributed by atoms with Gasteiger partial charge in [-0.3, -0.25) is 19.2 Å². The minimum atomic E-state index is -0.508. The maximum atomic E-state index is 11.8. The van der Waals surface area contributed by atoms with E-state index in [4.69, 9.17) is 34.8 Å². The lowest BCUT2D eigenvalue weighted by Crippen LogP contribution is -2.35. The first-order chi connectivity index (χ1) is 21.8. The highest BCUT2D eigenvalue weighted by Crippen LogP contribution is 2.30. The second-order valence-electron chi connectivity index (χ2n) is 9.45. The molecule has 15 heteroatoms. The Bertz CT molecular complexity index is 1800. The lowest BCUT2D eigenvalue weighted by atomic mass is 10.1. The second kappa shape index (κ2) is 17.3. The molecule has 0 aromatic carbocycles. The summed E-state index contributed by atoms with van der Waals surface area (Å²) in [4.78, 5) is 48.6. The van der Waals surface area contributed by atoms with Crippen molar-refractivity contribution in [3.05, 3.63) is 104 Å². The van der Waals surface area contributed by atoms with Crippen LogP contribution in [0, 0.1) is 0 Å². The fourth-order valence-electron chi connectivity index (χ4n) is 4.33. The zero-order chi connectivity index (χ0) is 32.2. The summed E-state index contributed by atoms with van der Waals surface area (Å²) in [5.41, 5.74) is 2.31. The highest BCUT2D eigenvalue weighted by atomic mass is 35.5. The minimum Gasteiger partial charge on any atom is -0.338 e. The first-order valence-corrected chi connectivity index (χ1v) is 16.9. The van der Waals surface area contributed by atoms with Gasteiger partial charge < -0.3 is 10.2 Å². The van der Waals surface area contributed by atoms with Crippen LogP contribution in [0.2, 0.25) is 0 Å². The Balaban J connectivity index is 0.000000181. The standard InChI is InChI=1S/C15H14ClN3O2S.C13H13N3OS.C2H2Cl2O/c16-10-14(21)18-8-5-11(6-9-18)12-3-4-15(22-12)19-13(20)2-1-7-17-19;17-12-2-1-7-15-16(12)13-4-3-11(18-13)10-5-8-14-9-6-10;3-1-2(4)5/h1-5,7H,6,8-10H2;1-5,7,14H,6,8-9H2;1H2. The van der Waals surface area contributed by atoms with Gasteiger partial charge in [-0.2, -0.15) is 19.6 Å². The fraction of sp³-hybridized carbons (Fsp3) is 0.267. The van der Waals surface area contributed by atoms with Gasteiger partial charge in [0.2, 0.25) is 11.1 Å². The average Bonchev–Trinajstić information content (AvgIpc) is 3.77. The van der Waals surface area contributed by atoms with Crippen molar-refractivity contribution in [1.29, 1.82) is 0 Å². The number of aromatic nitrogens is 4. The first kappa shape index (κ1) is 34.5. The molecule has 2 aliphatic rings. The van der Waals surface area contributed by atoms with E-state index in [0.29, 0.717) is 13.1 Å². The Morgan fingerprint density at radius 2 is 1.36 bits per heavy atom. The van der Waals surface area contributed by atoms with E-state index in [2.05, 4.69) is 27.7 Å². The van der Waals surface area contributed by atoms with Crippen LogP contribution in [0.15, 0.2) is 82.7 Å². The number of rotatable bonds is 6. The van der Waals surface area contributed by atoms with E-state index < -0.39 is 5.24 Å². The van der Waals surface area contributed by atoms with E-state index in [1.165, 1.54) is 48.9 Å². The Morgan fingerprint density at radius 3 is 1.78 bits per heavy atom. The first-order valence-electron chi connectivity index (χ1n) is 13.8. The lowest BCUT2D eigenvalue weighted by Gasteiger charge is -2.25. The quantitative estimate of drug-likeness (QED) is 0.226. The molecule has 1 amide bonds. The number of nitrogens with one attached hydrogen (secondary N) is 1. The maximum Gasteiger partial charge on any atom is 0.272 e. The molecule has 1 N–H and O–H groups in total. The number of thiophene rings is 2. The van der Waals surface area contributed by atoms with Gasteiger partial charge in [0.15, 0.2) is 0 Å². The number of halogens is 3. The van der Waals surface area contributed by atoms with E-state index in [-0.39, 0.29) is 28.8 Å². The zero-order valence-corrected chi connectivity index (χ0v) is 27.8. The normalized spacial score (nSPS) is 14.2. The Morgan fingerprint density at radius 1 is 0.800 bits per heavy atom. The zero-order valence-electron chi connectivity index (χ0n) is 23.9. The summed E-state index contributed by atoms with van der Waals surface area (Å²) in [6.45, 7) is 3.19. The SMILES string of the molecule is O=C(CCl)N1CC=C(c2ccc(-n3ncccc3=O)s2)CC1.O=C(Cl)CCl.O=c1cccnn1-c1ccc(C2=CCNCC2)s1. The molecule has 4 aromatic rings. The third-order valence-corrected chi connectivity index (χ3v) is 9.53. The Labute approximate surface area is 282 Å². The van der Waals surface area contributed by atoms with Crippen molar-refractivity contribution < 1.29 is 9.59 Å². The number of carbonyl (C=O) groups is 2. The van der Waals surface area contributed by atoms with Crippen LogP contribution in [0.4, 0.5) is 0 Å². The van der Waals surface area contributed by atoms with Gasteiger partial charge in [0.05, 0.1) is 5.88 Å². The number of nitrogens with zero attached hydrogens (tertiary/aromatic N) is 5. The van der Waals surface area contributed by atoms with Crippen molar-refractivity contribution in [2.75, 3.05) is 37.9 Å². The fourth-order valence-corrected chi connectivity index (χ4v) is 6.57. The van der Waals surface area contributed by atoms with E-state index >= 15 is 0 Å². The lowest BCUT2D eigenvalue weighted by molar-refractivity contribution is -0.128. The molecule has 0 spiro atoms. The topological polar surface area (TPSA) is 119 Å². The molecule has 0 fully saturated rings. The molecule has 0 saturated heterocycles. The molecule has 45 heavy (non-hydrogen) atoms. The van der Waals surface area contributed by atoms with Crippen LogP contribution in [0.25, 0.3) is 21.1 Å². The van der Waals surface area contributed by atoms with E-state index in [0.717, 1.165) is 40.8 Å². The van der Waals surface area contributed by atoms with Crippen molar-refractivity contribution >= 4 is 79.8 Å². The predicted octanol–water partition coefficient (Wildman–Crippen LogP) is 4.81. The molecule has 0 radical (unpaired) electrons. The van der Waals surface area contributed by atoms with Crippen molar-refractivity contribution in [3.8, 4) is 10.0 Å². The molecule has 0 saturated carbocycles. The summed E-state index contributed by atoms with van der Waals surface area (Å²) in [5.74, 6) is -0.111. The van der Waals surface area contributed by atoms with Crippen molar-refractivity contribution in [2.45, 2.75) is 12.8 Å². The third-order valence-electron chi connectivity index (χ3n) is 6.51. The number of carbonyl (C=O) groups excluding carboxylic acids is 2. The molecule has 0 atom stereocenters. The minimum absolute atomic E-state index is 0.0227. The largest absolute Gasteiger partial charge is 0.338 e. The van der Waals surface area contributed by atoms with Crippen LogP contribution < -0.4 is 16.4 Å². The van der Waals surface area contributed by atoms with Crippen LogP contribution in [-0.2, 0) is 9.59 Å². The van der Waals surface area contributed by atoms with Gasteiger partial charge in [-0.1, -0.05) is 12.2 Å². The van der Waals surface area contributed by atoms with Gasteiger partial charge in [0, 0.05) is 53.9 Å². The summed E-state index contributed by atoms with van der Waals surface area (Å²) >= 11 is 18.3. The van der Waals surface area contributed by atoms with Gasteiger partial charge in [-0.05, 0) is 78.5 Å². The molecule has 10 nitrogen and oxygen atoms in total. The van der Waals surface area contributed by atoms with Gasteiger partial charge in [-0.25, -0.2) is 0 Å². The molecule has 4 aromatic heterocycles. The monoisotopic (exact) mass is 706 g/mol. The van der Waals surface area contributed by atoms with Crippen LogP contribution >= 0.6 is 57.5 Å². The predicted molar refractivity (Wildman–Crippen MR) is 182 cm³/mol. The van der Waals surface area contributed by atoms with E-state index in [9.17, 15) is 19.2 Å². The van der Waals surface area contributed by atoms with E-state index in [1.807, 2.05) is 24.3 Å². The summed E-state index contributed by atoms with van der Waals surface area (Å²) in [5, 5.41) is 12.6. The summed E-state index contributed by atoms with van der Waals surface area (Å²) in [6, 6.07) is 14.2. The molecular weight excluding hydrogens is 679 g/mol. The highest BCUT2D eigenvalue weighted by Gasteiger charge is 2.18. The van der Waals surface area contributed by atoms with Crippen LogP contribution in [0.3, 0.4) is 0 Å².